The van der Waals surface area contributed by atoms with Gasteiger partial charge in [-0.3, -0.25) is 0 Å². The van der Waals surface area contributed by atoms with Gasteiger partial charge in [0, 0.05) is 13.7 Å². The monoisotopic (exact) mass is 333 g/mol. The third kappa shape index (κ3) is 3.07. The molecule has 0 saturated carbocycles. The Balaban J connectivity index is 0.000000810. The Morgan fingerprint density at radius 2 is 1.90 bits per heavy atom. The number of hydrogen-bond acceptors (Lipinski definition) is 1. The molecule has 0 amide bonds. The second-order valence-electron chi connectivity index (χ2n) is 1.70. The van der Waals surface area contributed by atoms with E-state index in [1.165, 1.54) is 0 Å². The Kier molecular flexibility index (Phi) is 4.64. The van der Waals surface area contributed by atoms with Gasteiger partial charge in [0.15, 0.2) is 0 Å². The van der Waals surface area contributed by atoms with Crippen LogP contribution in [0.4, 0.5) is 5.69 Å². The predicted molar refractivity (Wildman–Crippen MR) is 58.5 cm³/mol. The lowest BCUT2D eigenvalue weighted by Crippen LogP contribution is -1.84. The summed E-state index contributed by atoms with van der Waals surface area (Å²) in [5.74, 6) is 0. The lowest BCUT2D eigenvalue weighted by Gasteiger charge is -1.94. The smallest absolute Gasteiger partial charge is 0.0335 e. The third-order valence-corrected chi connectivity index (χ3v) is 1.97. The van der Waals surface area contributed by atoms with E-state index in [2.05, 4.69) is 38.5 Å². The van der Waals surface area contributed by atoms with Crippen molar-refractivity contribution in [3.8, 4) is 0 Å². The largest absolute Gasteiger partial charge is 0.399 e. The van der Waals surface area contributed by atoms with Crippen molar-refractivity contribution in [3.63, 3.8) is 0 Å². The average molecular weight is 334 g/mol. The van der Waals surface area contributed by atoms with Crippen molar-refractivity contribution in [2.24, 2.45) is 0 Å². The van der Waals surface area contributed by atoms with Gasteiger partial charge >= 0.3 is 0 Å². The maximum absolute atomic E-state index is 5.52. The molecule has 0 aliphatic carbocycles. The zero-order chi connectivity index (χ0) is 6.85. The van der Waals surface area contributed by atoms with Crippen LogP contribution in [-0.4, -0.2) is 0 Å². The molecule has 0 atom stereocenters. The van der Waals surface area contributed by atoms with Gasteiger partial charge in [-0.25, -0.2) is 0 Å². The standard InChI is InChI=1S/C6H5BrIN.ClH/c7-4-1-5(8)3-6(9)2-4;/h1-3H,9H2;1H. The molecule has 2 N–H and O–H groups in total. The summed E-state index contributed by atoms with van der Waals surface area (Å²) in [4.78, 5) is 0. The van der Waals surface area contributed by atoms with Gasteiger partial charge in [-0.1, -0.05) is 15.9 Å². The lowest BCUT2D eigenvalue weighted by atomic mass is 10.3. The fourth-order valence-electron chi connectivity index (χ4n) is 0.575. The summed E-state index contributed by atoms with van der Waals surface area (Å²) in [6.07, 6.45) is 0. The van der Waals surface area contributed by atoms with Crippen molar-refractivity contribution >= 4 is 56.6 Å². The molecular formula is C6H6BrClIN. The summed E-state index contributed by atoms with van der Waals surface area (Å²) < 4.78 is 2.19. The molecule has 56 valence electrons. The Morgan fingerprint density at radius 3 is 2.30 bits per heavy atom. The van der Waals surface area contributed by atoms with Crippen LogP contribution in [0.25, 0.3) is 0 Å². The maximum atomic E-state index is 5.52. The minimum Gasteiger partial charge on any atom is -0.399 e. The fraction of sp³-hybridized carbons (Fsp3) is 0. The second kappa shape index (κ2) is 4.41. The minimum absolute atomic E-state index is 0. The van der Waals surface area contributed by atoms with E-state index in [0.717, 1.165) is 13.7 Å². The number of halogens is 3. The zero-order valence-electron chi connectivity index (χ0n) is 4.97. The van der Waals surface area contributed by atoms with Crippen LogP contribution in [0, 0.1) is 3.57 Å². The third-order valence-electron chi connectivity index (χ3n) is 0.885. The molecule has 0 spiro atoms. The highest BCUT2D eigenvalue weighted by atomic mass is 127. The molecule has 1 nitrogen and oxygen atoms in total. The van der Waals surface area contributed by atoms with Gasteiger partial charge in [-0.15, -0.1) is 12.4 Å². The van der Waals surface area contributed by atoms with E-state index >= 15 is 0 Å². The van der Waals surface area contributed by atoms with Gasteiger partial charge in [-0.2, -0.15) is 0 Å². The lowest BCUT2D eigenvalue weighted by molar-refractivity contribution is 1.59. The van der Waals surface area contributed by atoms with E-state index in [-0.39, 0.29) is 12.4 Å². The molecule has 1 aromatic rings. The van der Waals surface area contributed by atoms with E-state index in [1.54, 1.807) is 0 Å². The first-order valence-corrected chi connectivity index (χ1v) is 4.27. The van der Waals surface area contributed by atoms with Gasteiger partial charge in [0.1, 0.15) is 0 Å². The van der Waals surface area contributed by atoms with Crippen molar-refractivity contribution < 1.29 is 0 Å². The Bertz CT molecular complexity index is 179. The van der Waals surface area contributed by atoms with Crippen LogP contribution in [0.5, 0.6) is 0 Å². The van der Waals surface area contributed by atoms with E-state index in [1.807, 2.05) is 18.2 Å². The quantitative estimate of drug-likeness (QED) is 0.573. The Morgan fingerprint density at radius 1 is 1.30 bits per heavy atom. The predicted octanol–water partition coefficient (Wildman–Crippen LogP) is 3.06. The van der Waals surface area contributed by atoms with Crippen molar-refractivity contribution in [1.29, 1.82) is 0 Å². The number of anilines is 1. The molecule has 0 aromatic heterocycles. The van der Waals surface area contributed by atoms with Crippen molar-refractivity contribution in [3.05, 3.63) is 26.2 Å². The molecule has 0 aliphatic rings. The summed E-state index contributed by atoms with van der Waals surface area (Å²) in [6, 6.07) is 5.81. The molecule has 0 aliphatic heterocycles. The topological polar surface area (TPSA) is 26.0 Å². The van der Waals surface area contributed by atoms with Crippen molar-refractivity contribution in [1.82, 2.24) is 0 Å². The number of rotatable bonds is 0. The molecule has 0 heterocycles. The van der Waals surface area contributed by atoms with E-state index < -0.39 is 0 Å². The summed E-state index contributed by atoms with van der Waals surface area (Å²) in [6.45, 7) is 0. The van der Waals surface area contributed by atoms with Crippen LogP contribution in [-0.2, 0) is 0 Å². The highest BCUT2D eigenvalue weighted by Crippen LogP contribution is 2.17. The SMILES string of the molecule is Cl.Nc1cc(Br)cc(I)c1. The minimum atomic E-state index is 0. The van der Waals surface area contributed by atoms with Crippen LogP contribution in [0.3, 0.4) is 0 Å². The average Bonchev–Trinajstić information content (AvgIpc) is 1.59. The van der Waals surface area contributed by atoms with Crippen LogP contribution in [0.2, 0.25) is 0 Å². The first kappa shape index (κ1) is 10.5. The van der Waals surface area contributed by atoms with Crippen LogP contribution < -0.4 is 5.73 Å². The molecule has 0 radical (unpaired) electrons. The summed E-state index contributed by atoms with van der Waals surface area (Å²) in [5, 5.41) is 0. The molecule has 0 saturated heterocycles. The zero-order valence-corrected chi connectivity index (χ0v) is 9.53. The van der Waals surface area contributed by atoms with E-state index in [0.29, 0.717) is 0 Å². The van der Waals surface area contributed by atoms with Gasteiger partial charge in [0.25, 0.3) is 0 Å². The van der Waals surface area contributed by atoms with Gasteiger partial charge in [0.05, 0.1) is 0 Å². The van der Waals surface area contributed by atoms with Crippen molar-refractivity contribution in [2.75, 3.05) is 5.73 Å². The molecule has 0 bridgehead atoms. The summed E-state index contributed by atoms with van der Waals surface area (Å²) >= 11 is 5.55. The second-order valence-corrected chi connectivity index (χ2v) is 3.86. The van der Waals surface area contributed by atoms with Gasteiger partial charge in [0.2, 0.25) is 0 Å². The molecular weight excluding hydrogens is 328 g/mol. The highest BCUT2D eigenvalue weighted by molar-refractivity contribution is 14.1. The number of nitrogens with two attached hydrogens (primary N) is 1. The van der Waals surface area contributed by atoms with Crippen LogP contribution in [0.1, 0.15) is 0 Å². The first-order valence-electron chi connectivity index (χ1n) is 2.40. The first-order chi connectivity index (χ1) is 4.18. The van der Waals surface area contributed by atoms with E-state index in [4.69, 9.17) is 5.73 Å². The van der Waals surface area contributed by atoms with E-state index in [9.17, 15) is 0 Å². The van der Waals surface area contributed by atoms with Gasteiger partial charge < -0.3 is 5.73 Å². The fourth-order valence-corrected chi connectivity index (χ4v) is 2.21. The van der Waals surface area contributed by atoms with Crippen LogP contribution >= 0.6 is 50.9 Å². The Labute approximate surface area is 88.1 Å². The van der Waals surface area contributed by atoms with Crippen molar-refractivity contribution in [2.45, 2.75) is 0 Å². The normalized spacial score (nSPS) is 8.60. The molecule has 0 unspecified atom stereocenters. The molecule has 10 heavy (non-hydrogen) atoms. The number of benzene rings is 1. The number of nitrogen functional groups attached to an aromatic ring is 1. The van der Waals surface area contributed by atoms with Gasteiger partial charge in [-0.05, 0) is 40.8 Å². The highest BCUT2D eigenvalue weighted by Gasteiger charge is 1.90. The summed E-state index contributed by atoms with van der Waals surface area (Å²) in [5.41, 5.74) is 6.32. The molecule has 0 fully saturated rings. The summed E-state index contributed by atoms with van der Waals surface area (Å²) in [7, 11) is 0. The maximum Gasteiger partial charge on any atom is 0.0335 e. The van der Waals surface area contributed by atoms with Crippen LogP contribution in [0.15, 0.2) is 22.7 Å². The molecule has 1 aromatic carbocycles. The molecule has 1 rings (SSSR count). The Hall–Kier alpha value is 0.520. The number of hydrogen-bond donors (Lipinski definition) is 1. The molecule has 4 heteroatoms.